The quantitative estimate of drug-likeness (QED) is 0.394. The Kier molecular flexibility index (Phi) is 6.91. The molecule has 2 fully saturated rings. The molecule has 0 saturated carbocycles. The van der Waals surface area contributed by atoms with Crippen LogP contribution in [0, 0.1) is 11.6 Å². The van der Waals surface area contributed by atoms with Crippen LogP contribution in [-0.2, 0) is 11.3 Å². The number of nitrogens with two attached hydrogens (primary N) is 1. The van der Waals surface area contributed by atoms with Crippen molar-refractivity contribution < 1.29 is 18.0 Å². The summed E-state index contributed by atoms with van der Waals surface area (Å²) in [7, 11) is 0. The average Bonchev–Trinajstić information content (AvgIpc) is 3.33. The fraction of sp³-hybridized carbons (Fsp3) is 0.379. The molecular formula is C29H30F3N7O. The van der Waals surface area contributed by atoms with Crippen LogP contribution in [0.15, 0.2) is 54.9 Å². The lowest BCUT2D eigenvalue weighted by Crippen LogP contribution is -2.53. The molecule has 1 amide bonds. The van der Waals surface area contributed by atoms with Crippen LogP contribution >= 0.6 is 0 Å². The van der Waals surface area contributed by atoms with Gasteiger partial charge in [-0.2, -0.15) is 0 Å². The number of piperidine rings is 2. The van der Waals surface area contributed by atoms with E-state index in [4.69, 9.17) is 5.73 Å². The summed E-state index contributed by atoms with van der Waals surface area (Å²) >= 11 is 0. The summed E-state index contributed by atoms with van der Waals surface area (Å²) in [4.78, 5) is 30.1. The summed E-state index contributed by atoms with van der Waals surface area (Å²) < 4.78 is 46.1. The molecule has 0 aliphatic carbocycles. The summed E-state index contributed by atoms with van der Waals surface area (Å²) in [6, 6.07) is 11.2. The van der Waals surface area contributed by atoms with E-state index < -0.39 is 23.2 Å². The standard InChI is InChI=1S/C29H30F3N7O/c30-21-16-24-25(17-22(21)31)39(27(36-24)23-3-1-2-9-34-23)20-5-11-38(12-6-20)28(40)29(32)7-13-37(14-8-29)18-19-4-10-35-26(33)15-19/h1-4,9-10,15-17,20H,5-8,11-14,18H2,(H2,33,35). The average molecular weight is 550 g/mol. The van der Waals surface area contributed by atoms with E-state index in [-0.39, 0.29) is 18.9 Å². The van der Waals surface area contributed by atoms with Crippen molar-refractivity contribution in [2.24, 2.45) is 0 Å². The van der Waals surface area contributed by atoms with Crippen molar-refractivity contribution >= 4 is 22.8 Å². The van der Waals surface area contributed by atoms with E-state index in [1.807, 2.05) is 16.7 Å². The highest BCUT2D eigenvalue weighted by Crippen LogP contribution is 2.36. The van der Waals surface area contributed by atoms with Crippen LogP contribution in [0.5, 0.6) is 0 Å². The van der Waals surface area contributed by atoms with Crippen LogP contribution in [-0.4, -0.2) is 67.1 Å². The van der Waals surface area contributed by atoms with Crippen molar-refractivity contribution in [3.8, 4) is 11.5 Å². The van der Waals surface area contributed by atoms with Gasteiger partial charge < -0.3 is 15.2 Å². The summed E-state index contributed by atoms with van der Waals surface area (Å²) in [6.45, 7) is 2.29. The van der Waals surface area contributed by atoms with E-state index in [1.165, 1.54) is 0 Å². The number of benzene rings is 1. The molecule has 5 heterocycles. The van der Waals surface area contributed by atoms with Gasteiger partial charge in [0.1, 0.15) is 11.5 Å². The molecule has 3 aromatic heterocycles. The maximum Gasteiger partial charge on any atom is 0.260 e. The van der Waals surface area contributed by atoms with Gasteiger partial charge in [0, 0.05) is 76.1 Å². The number of halogens is 3. The minimum absolute atomic E-state index is 0.132. The van der Waals surface area contributed by atoms with Crippen molar-refractivity contribution in [3.05, 3.63) is 72.1 Å². The van der Waals surface area contributed by atoms with Crippen molar-refractivity contribution in [1.29, 1.82) is 0 Å². The van der Waals surface area contributed by atoms with Gasteiger partial charge in [0.25, 0.3) is 5.91 Å². The van der Waals surface area contributed by atoms with Crippen LogP contribution in [0.25, 0.3) is 22.6 Å². The molecular weight excluding hydrogens is 519 g/mol. The van der Waals surface area contributed by atoms with E-state index in [2.05, 4.69) is 19.9 Å². The van der Waals surface area contributed by atoms with Crippen molar-refractivity contribution in [1.82, 2.24) is 29.3 Å². The number of rotatable bonds is 5. The highest BCUT2D eigenvalue weighted by Gasteiger charge is 2.45. The van der Waals surface area contributed by atoms with Gasteiger partial charge in [-0.15, -0.1) is 0 Å². The number of imidazole rings is 1. The van der Waals surface area contributed by atoms with Crippen LogP contribution in [0.1, 0.15) is 37.3 Å². The molecule has 8 nitrogen and oxygen atoms in total. The van der Waals surface area contributed by atoms with Gasteiger partial charge >= 0.3 is 0 Å². The smallest absolute Gasteiger partial charge is 0.260 e. The predicted molar refractivity (Wildman–Crippen MR) is 145 cm³/mol. The maximum absolute atomic E-state index is 15.9. The van der Waals surface area contributed by atoms with Crippen molar-refractivity contribution in [2.45, 2.75) is 43.9 Å². The molecule has 0 unspecified atom stereocenters. The minimum atomic E-state index is -1.90. The number of alkyl halides is 1. The molecule has 40 heavy (non-hydrogen) atoms. The highest BCUT2D eigenvalue weighted by molar-refractivity contribution is 5.85. The van der Waals surface area contributed by atoms with Gasteiger partial charge in [-0.05, 0) is 42.7 Å². The zero-order valence-corrected chi connectivity index (χ0v) is 21.9. The van der Waals surface area contributed by atoms with E-state index in [1.54, 1.807) is 35.5 Å². The van der Waals surface area contributed by atoms with E-state index in [9.17, 15) is 13.6 Å². The van der Waals surface area contributed by atoms with Gasteiger partial charge in [0.15, 0.2) is 23.1 Å². The van der Waals surface area contributed by atoms with Crippen LogP contribution in [0.2, 0.25) is 0 Å². The number of aromatic nitrogens is 4. The number of nitrogen functional groups attached to an aromatic ring is 1. The molecule has 6 rings (SSSR count). The first-order valence-corrected chi connectivity index (χ1v) is 13.5. The van der Waals surface area contributed by atoms with Gasteiger partial charge in [-0.1, -0.05) is 6.07 Å². The number of nitrogens with zero attached hydrogens (tertiary/aromatic N) is 6. The van der Waals surface area contributed by atoms with E-state index >= 15 is 4.39 Å². The number of likely N-dealkylation sites (tertiary alicyclic amines) is 2. The van der Waals surface area contributed by atoms with Gasteiger partial charge in [0.05, 0.1) is 11.0 Å². The lowest BCUT2D eigenvalue weighted by molar-refractivity contribution is -0.148. The Balaban J connectivity index is 1.15. The molecule has 2 aliphatic rings. The second-order valence-corrected chi connectivity index (χ2v) is 10.6. The zero-order valence-electron chi connectivity index (χ0n) is 21.9. The largest absolute Gasteiger partial charge is 0.384 e. The third-order valence-electron chi connectivity index (χ3n) is 8.03. The zero-order chi connectivity index (χ0) is 27.9. The number of hydrogen-bond acceptors (Lipinski definition) is 6. The molecule has 1 aromatic carbocycles. The summed E-state index contributed by atoms with van der Waals surface area (Å²) in [5, 5.41) is 0. The number of carbonyl (C=O) groups is 1. The van der Waals surface area contributed by atoms with Crippen LogP contribution < -0.4 is 5.73 Å². The molecule has 0 spiro atoms. The monoisotopic (exact) mass is 549 g/mol. The summed E-state index contributed by atoms with van der Waals surface area (Å²) in [6.07, 6.45) is 4.62. The molecule has 4 aromatic rings. The van der Waals surface area contributed by atoms with Crippen LogP contribution in [0.4, 0.5) is 19.0 Å². The molecule has 0 bridgehead atoms. The van der Waals surface area contributed by atoms with Gasteiger partial charge in [-0.25, -0.2) is 23.1 Å². The Bertz CT molecular complexity index is 1530. The first kappa shape index (κ1) is 26.2. The number of pyridine rings is 2. The number of hydrogen-bond donors (Lipinski definition) is 1. The fourth-order valence-corrected chi connectivity index (χ4v) is 5.88. The number of fused-ring (bicyclic) bond motifs is 1. The van der Waals surface area contributed by atoms with Gasteiger partial charge in [-0.3, -0.25) is 14.7 Å². The third kappa shape index (κ3) is 5.01. The predicted octanol–water partition coefficient (Wildman–Crippen LogP) is 4.52. The molecule has 2 aliphatic heterocycles. The molecule has 208 valence electrons. The Morgan fingerprint density at radius 1 is 0.975 bits per heavy atom. The second kappa shape index (κ2) is 10.5. The van der Waals surface area contributed by atoms with E-state index in [0.717, 1.165) is 17.7 Å². The summed E-state index contributed by atoms with van der Waals surface area (Å²) in [5.41, 5.74) is 6.26. The minimum Gasteiger partial charge on any atom is -0.384 e. The van der Waals surface area contributed by atoms with Crippen molar-refractivity contribution in [3.63, 3.8) is 0 Å². The van der Waals surface area contributed by atoms with Crippen molar-refractivity contribution in [2.75, 3.05) is 31.9 Å². The molecule has 0 atom stereocenters. The first-order chi connectivity index (χ1) is 19.3. The first-order valence-electron chi connectivity index (χ1n) is 13.5. The lowest BCUT2D eigenvalue weighted by atomic mass is 9.90. The SMILES string of the molecule is Nc1cc(CN2CCC(F)(C(=O)N3CCC(n4c(-c5ccccn5)nc5cc(F)c(F)cc54)CC3)CC2)ccn1. The number of anilines is 1. The van der Waals surface area contributed by atoms with Gasteiger partial charge in [0.2, 0.25) is 0 Å². The lowest BCUT2D eigenvalue weighted by Gasteiger charge is -2.40. The molecule has 2 saturated heterocycles. The molecule has 0 radical (unpaired) electrons. The number of amides is 1. The fourth-order valence-electron chi connectivity index (χ4n) is 5.88. The van der Waals surface area contributed by atoms with E-state index in [0.29, 0.717) is 73.9 Å². The topological polar surface area (TPSA) is 93.2 Å². The Morgan fingerprint density at radius 3 is 2.42 bits per heavy atom. The maximum atomic E-state index is 15.9. The normalized spacial score (nSPS) is 18.3. The molecule has 11 heteroatoms. The third-order valence-corrected chi connectivity index (χ3v) is 8.03. The second-order valence-electron chi connectivity index (χ2n) is 10.6. The van der Waals surface area contributed by atoms with Crippen LogP contribution in [0.3, 0.4) is 0 Å². The molecule has 2 N–H and O–H groups in total. The highest BCUT2D eigenvalue weighted by atomic mass is 19.2. The Hall–Kier alpha value is -3.99. The Labute approximate surface area is 229 Å². The number of carbonyl (C=O) groups excluding carboxylic acids is 1. The Morgan fingerprint density at radius 2 is 1.73 bits per heavy atom. The summed E-state index contributed by atoms with van der Waals surface area (Å²) in [5.74, 6) is -1.43.